The standard InChI is InChI=1S/C25H27N7O5/c1-35-11-10-32-24(27-28-29-32)23(31-8-6-30(7-9-31)17-2-4-18(33)5-3-17)19-12-16-13-21-22(37-15-36-21)14-20(16)26-25(19)34/h2-5,12-14,23,33H,6-11,15H2,1H3,(H,26,34)/t23-/m1/s1. The Balaban J connectivity index is 1.37. The summed E-state index contributed by atoms with van der Waals surface area (Å²) in [6.07, 6.45) is 0. The minimum absolute atomic E-state index is 0.158. The van der Waals surface area contributed by atoms with Crippen LogP contribution in [0.3, 0.4) is 0 Å². The fourth-order valence-electron chi connectivity index (χ4n) is 4.96. The molecule has 1 atom stereocenters. The number of aromatic hydroxyl groups is 1. The molecule has 4 aromatic rings. The number of aromatic nitrogens is 5. The Kier molecular flexibility index (Phi) is 6.10. The van der Waals surface area contributed by atoms with E-state index in [2.05, 4.69) is 30.3 Å². The molecule has 37 heavy (non-hydrogen) atoms. The van der Waals surface area contributed by atoms with Crippen molar-refractivity contribution < 1.29 is 19.3 Å². The van der Waals surface area contributed by atoms with Gasteiger partial charge in [0.2, 0.25) is 6.79 Å². The molecule has 12 nitrogen and oxygen atoms in total. The van der Waals surface area contributed by atoms with E-state index < -0.39 is 6.04 Å². The lowest BCUT2D eigenvalue weighted by molar-refractivity contribution is 0.171. The highest BCUT2D eigenvalue weighted by molar-refractivity contribution is 5.83. The number of pyridine rings is 1. The number of H-pyrrole nitrogens is 1. The van der Waals surface area contributed by atoms with E-state index in [1.165, 1.54) is 0 Å². The van der Waals surface area contributed by atoms with Crippen molar-refractivity contribution in [1.29, 1.82) is 0 Å². The number of phenolic OH excluding ortho intramolecular Hbond substituents is 1. The summed E-state index contributed by atoms with van der Waals surface area (Å²) in [6.45, 7) is 3.91. The first-order valence-electron chi connectivity index (χ1n) is 12.1. The summed E-state index contributed by atoms with van der Waals surface area (Å²) in [5, 5.41) is 22.9. The number of benzene rings is 2. The molecule has 0 spiro atoms. The molecular weight excluding hydrogens is 478 g/mol. The molecule has 2 aliphatic heterocycles. The van der Waals surface area contributed by atoms with Gasteiger partial charge in [-0.25, -0.2) is 4.68 Å². The Morgan fingerprint density at radius 2 is 1.84 bits per heavy atom. The Bertz CT molecular complexity index is 1460. The maximum absolute atomic E-state index is 13.5. The van der Waals surface area contributed by atoms with E-state index in [9.17, 15) is 9.90 Å². The highest BCUT2D eigenvalue weighted by Gasteiger charge is 2.33. The van der Waals surface area contributed by atoms with Crippen LogP contribution in [0.5, 0.6) is 17.2 Å². The van der Waals surface area contributed by atoms with Crippen LogP contribution in [-0.4, -0.2) is 81.9 Å². The van der Waals surface area contributed by atoms with Gasteiger partial charge in [-0.3, -0.25) is 9.69 Å². The van der Waals surface area contributed by atoms with Crippen molar-refractivity contribution in [1.82, 2.24) is 30.1 Å². The number of phenols is 1. The lowest BCUT2D eigenvalue weighted by atomic mass is 10.0. The van der Waals surface area contributed by atoms with Crippen molar-refractivity contribution in [2.24, 2.45) is 0 Å². The summed E-state index contributed by atoms with van der Waals surface area (Å²) in [4.78, 5) is 21.0. The maximum atomic E-state index is 13.5. The minimum Gasteiger partial charge on any atom is -0.508 e. The third kappa shape index (κ3) is 4.45. The average Bonchev–Trinajstić information content (AvgIpc) is 3.57. The molecule has 0 aliphatic carbocycles. The van der Waals surface area contributed by atoms with Gasteiger partial charge in [-0.2, -0.15) is 0 Å². The normalized spacial score (nSPS) is 16.4. The third-order valence-corrected chi connectivity index (χ3v) is 6.87. The van der Waals surface area contributed by atoms with Crippen LogP contribution in [0, 0.1) is 0 Å². The fourth-order valence-corrected chi connectivity index (χ4v) is 4.96. The van der Waals surface area contributed by atoms with Gasteiger partial charge in [-0.05, 0) is 46.8 Å². The minimum atomic E-state index is -0.465. The fraction of sp³-hybridized carbons (Fsp3) is 0.360. The van der Waals surface area contributed by atoms with Gasteiger partial charge in [0.1, 0.15) is 11.8 Å². The predicted octanol–water partition coefficient (Wildman–Crippen LogP) is 1.51. The van der Waals surface area contributed by atoms with E-state index >= 15 is 0 Å². The van der Waals surface area contributed by atoms with E-state index in [-0.39, 0.29) is 18.1 Å². The van der Waals surface area contributed by atoms with E-state index in [4.69, 9.17) is 14.2 Å². The first-order valence-corrected chi connectivity index (χ1v) is 12.1. The van der Waals surface area contributed by atoms with Gasteiger partial charge in [0.15, 0.2) is 17.3 Å². The second-order valence-electron chi connectivity index (χ2n) is 9.04. The number of nitrogens with one attached hydrogen (secondary N) is 1. The second-order valence-corrected chi connectivity index (χ2v) is 9.04. The second kappa shape index (κ2) is 9.71. The first kappa shape index (κ1) is 23.3. The van der Waals surface area contributed by atoms with Crippen LogP contribution in [0.1, 0.15) is 17.4 Å². The molecule has 12 heteroatoms. The van der Waals surface area contributed by atoms with Crippen molar-refractivity contribution in [2.75, 3.05) is 51.6 Å². The molecule has 0 unspecified atom stereocenters. The first-order chi connectivity index (χ1) is 18.1. The zero-order valence-electron chi connectivity index (χ0n) is 20.3. The van der Waals surface area contributed by atoms with Crippen LogP contribution in [0.25, 0.3) is 10.9 Å². The van der Waals surface area contributed by atoms with Gasteiger partial charge in [0, 0.05) is 56.0 Å². The molecule has 2 aliphatic rings. The zero-order chi connectivity index (χ0) is 25.4. The summed E-state index contributed by atoms with van der Waals surface area (Å²) in [5.41, 5.74) is 2.06. The van der Waals surface area contributed by atoms with Gasteiger partial charge in [0.05, 0.1) is 18.7 Å². The predicted molar refractivity (Wildman–Crippen MR) is 134 cm³/mol. The molecule has 1 saturated heterocycles. The molecule has 4 heterocycles. The molecule has 6 rings (SSSR count). The summed E-state index contributed by atoms with van der Waals surface area (Å²) < 4.78 is 18.0. The number of fused-ring (bicyclic) bond motifs is 2. The molecular formula is C25H27N7O5. The van der Waals surface area contributed by atoms with Crippen LogP contribution in [-0.2, 0) is 11.3 Å². The summed E-state index contributed by atoms with van der Waals surface area (Å²) in [7, 11) is 1.63. The number of nitrogens with zero attached hydrogens (tertiary/aromatic N) is 6. The maximum Gasteiger partial charge on any atom is 0.253 e. The van der Waals surface area contributed by atoms with Gasteiger partial charge in [0.25, 0.3) is 5.56 Å². The van der Waals surface area contributed by atoms with Crippen LogP contribution >= 0.6 is 0 Å². The Morgan fingerprint density at radius 1 is 1.08 bits per heavy atom. The van der Waals surface area contributed by atoms with Crippen LogP contribution in [0.15, 0.2) is 47.3 Å². The highest BCUT2D eigenvalue weighted by Crippen LogP contribution is 2.36. The SMILES string of the molecule is COCCn1nnnc1[C@@H](c1cc2cc3c(cc2[nH]c1=O)OCO3)N1CCN(c2ccc(O)cc2)CC1. The Hall–Kier alpha value is -4.16. The molecule has 2 N–H and O–H groups in total. The lowest BCUT2D eigenvalue weighted by Gasteiger charge is -2.39. The molecule has 0 amide bonds. The van der Waals surface area contributed by atoms with Crippen molar-refractivity contribution in [3.8, 4) is 17.2 Å². The number of rotatable bonds is 7. The summed E-state index contributed by atoms with van der Waals surface area (Å²) >= 11 is 0. The number of methoxy groups -OCH3 is 1. The zero-order valence-corrected chi connectivity index (χ0v) is 20.3. The quantitative estimate of drug-likeness (QED) is 0.381. The van der Waals surface area contributed by atoms with Crippen molar-refractivity contribution in [3.63, 3.8) is 0 Å². The summed E-state index contributed by atoms with van der Waals surface area (Å²) in [6, 6.07) is 12.3. The highest BCUT2D eigenvalue weighted by atomic mass is 16.7. The van der Waals surface area contributed by atoms with E-state index in [1.54, 1.807) is 30.0 Å². The third-order valence-electron chi connectivity index (χ3n) is 6.87. The number of tetrazole rings is 1. The molecule has 0 bridgehead atoms. The number of ether oxygens (including phenoxy) is 3. The molecule has 0 radical (unpaired) electrons. The number of hydrogen-bond acceptors (Lipinski definition) is 10. The van der Waals surface area contributed by atoms with Crippen molar-refractivity contribution in [2.45, 2.75) is 12.6 Å². The molecule has 2 aromatic carbocycles. The van der Waals surface area contributed by atoms with Crippen LogP contribution < -0.4 is 19.9 Å². The molecule has 1 fully saturated rings. The smallest absolute Gasteiger partial charge is 0.253 e. The Morgan fingerprint density at radius 3 is 2.59 bits per heavy atom. The van der Waals surface area contributed by atoms with E-state index in [1.807, 2.05) is 24.3 Å². The summed E-state index contributed by atoms with van der Waals surface area (Å²) in [5.74, 6) is 2.08. The van der Waals surface area contributed by atoms with Gasteiger partial charge >= 0.3 is 0 Å². The number of piperazine rings is 1. The van der Waals surface area contributed by atoms with Gasteiger partial charge in [-0.15, -0.1) is 5.10 Å². The molecule has 192 valence electrons. The van der Waals surface area contributed by atoms with Crippen LogP contribution in [0.2, 0.25) is 0 Å². The lowest BCUT2D eigenvalue weighted by Crippen LogP contribution is -2.49. The topological polar surface area (TPSA) is 131 Å². The monoisotopic (exact) mass is 505 g/mol. The Labute approximate surface area is 212 Å². The van der Waals surface area contributed by atoms with Crippen molar-refractivity contribution >= 4 is 16.6 Å². The van der Waals surface area contributed by atoms with Crippen molar-refractivity contribution in [3.05, 3.63) is 64.2 Å². The number of anilines is 1. The number of aromatic amines is 1. The van der Waals surface area contributed by atoms with Crippen LogP contribution in [0.4, 0.5) is 5.69 Å². The van der Waals surface area contributed by atoms with Gasteiger partial charge < -0.3 is 29.2 Å². The average molecular weight is 506 g/mol. The number of hydrogen-bond donors (Lipinski definition) is 2. The van der Waals surface area contributed by atoms with E-state index in [0.29, 0.717) is 54.6 Å². The largest absolute Gasteiger partial charge is 0.508 e. The van der Waals surface area contributed by atoms with E-state index in [0.717, 1.165) is 24.2 Å². The van der Waals surface area contributed by atoms with Gasteiger partial charge in [-0.1, -0.05) is 0 Å². The molecule has 2 aromatic heterocycles. The molecule has 0 saturated carbocycles.